The minimum atomic E-state index is -3.06. The number of aromatic nitrogens is 2. The monoisotopic (exact) mass is 368 g/mol. The number of carbonyl (C=O) groups is 1. The summed E-state index contributed by atoms with van der Waals surface area (Å²) in [6.07, 6.45) is -0.190. The summed E-state index contributed by atoms with van der Waals surface area (Å²) < 4.78 is 33.3. The maximum Gasteiger partial charge on any atom is 0.316 e. The summed E-state index contributed by atoms with van der Waals surface area (Å²) in [5.41, 5.74) is 1.89. The van der Waals surface area contributed by atoms with E-state index in [1.54, 1.807) is 0 Å². The Morgan fingerprint density at radius 1 is 1.42 bits per heavy atom. The summed E-state index contributed by atoms with van der Waals surface area (Å²) in [5.74, 6) is -0.136. The van der Waals surface area contributed by atoms with Gasteiger partial charge in [0.05, 0.1) is 11.5 Å². The molecule has 0 saturated carbocycles. The zero-order valence-electron chi connectivity index (χ0n) is 13.0. The Morgan fingerprint density at radius 2 is 2.25 bits per heavy atom. The van der Waals surface area contributed by atoms with Gasteiger partial charge in [-0.25, -0.2) is 8.42 Å². The number of carbonyl (C=O) groups excluding carboxylic acids is 1. The van der Waals surface area contributed by atoms with Gasteiger partial charge in [-0.2, -0.15) is 0 Å². The minimum absolute atomic E-state index is 0.00794. The average molecular weight is 368 g/mol. The lowest BCUT2D eigenvalue weighted by atomic mass is 10.1. The first kappa shape index (κ1) is 17.0. The quantitative estimate of drug-likeness (QED) is 0.582. The van der Waals surface area contributed by atoms with Crippen LogP contribution in [-0.4, -0.2) is 47.9 Å². The zero-order valence-corrected chi connectivity index (χ0v) is 14.6. The molecule has 0 unspecified atom stereocenters. The van der Waals surface area contributed by atoms with Crippen molar-refractivity contribution in [3.63, 3.8) is 0 Å². The third-order valence-electron chi connectivity index (χ3n) is 3.47. The predicted molar refractivity (Wildman–Crippen MR) is 88.3 cm³/mol. The molecule has 0 N–H and O–H groups in total. The molecule has 1 aliphatic rings. The molecule has 2 heterocycles. The summed E-state index contributed by atoms with van der Waals surface area (Å²) >= 11 is 1.07. The van der Waals surface area contributed by atoms with Crippen molar-refractivity contribution in [3.8, 4) is 11.5 Å². The topological polar surface area (TPSA) is 99.4 Å². The van der Waals surface area contributed by atoms with Gasteiger partial charge in [-0.15, -0.1) is 10.2 Å². The van der Waals surface area contributed by atoms with Gasteiger partial charge in [-0.1, -0.05) is 29.5 Å². The van der Waals surface area contributed by atoms with Crippen molar-refractivity contribution >= 4 is 27.6 Å². The molecule has 1 aromatic heterocycles. The maximum atomic E-state index is 11.8. The number of sulfone groups is 1. The second-order valence-corrected chi connectivity index (χ2v) is 8.70. The SMILES string of the molecule is Cc1cccc(-c2nnc(SCC(=O)O[C@H]3CCS(=O)(=O)C3)o2)c1. The number of hydrogen-bond donors (Lipinski definition) is 0. The third-order valence-corrected chi connectivity index (χ3v) is 6.00. The van der Waals surface area contributed by atoms with E-state index in [2.05, 4.69) is 10.2 Å². The Kier molecular flexibility index (Phi) is 4.91. The van der Waals surface area contributed by atoms with Crippen molar-refractivity contribution in [2.45, 2.75) is 24.7 Å². The van der Waals surface area contributed by atoms with Crippen LogP contribution in [0.1, 0.15) is 12.0 Å². The molecular weight excluding hydrogens is 352 g/mol. The molecule has 24 heavy (non-hydrogen) atoms. The summed E-state index contributed by atoms with van der Waals surface area (Å²) in [6.45, 7) is 1.97. The number of aryl methyl sites for hydroxylation is 1. The summed E-state index contributed by atoms with van der Waals surface area (Å²) in [7, 11) is -3.06. The molecule has 1 atom stereocenters. The Morgan fingerprint density at radius 3 is 2.96 bits per heavy atom. The lowest BCUT2D eigenvalue weighted by molar-refractivity contribution is -0.144. The molecule has 0 aliphatic carbocycles. The van der Waals surface area contributed by atoms with E-state index in [4.69, 9.17) is 9.15 Å². The van der Waals surface area contributed by atoms with Crippen molar-refractivity contribution in [3.05, 3.63) is 29.8 Å². The molecular formula is C15H16N2O5S2. The normalized spacial score (nSPS) is 19.3. The standard InChI is InChI=1S/C15H16N2O5S2/c1-10-3-2-4-11(7-10)14-16-17-15(22-14)23-8-13(18)21-12-5-6-24(19,20)9-12/h2-4,7,12H,5-6,8-9H2,1H3/t12-/m0/s1. The summed E-state index contributed by atoms with van der Waals surface area (Å²) in [5, 5.41) is 8.12. The fraction of sp³-hybridized carbons (Fsp3) is 0.400. The highest BCUT2D eigenvalue weighted by Crippen LogP contribution is 2.24. The molecule has 2 aromatic rings. The first-order valence-electron chi connectivity index (χ1n) is 7.34. The number of ether oxygens (including phenoxy) is 1. The van der Waals surface area contributed by atoms with Crippen LogP contribution in [-0.2, 0) is 19.4 Å². The maximum absolute atomic E-state index is 11.8. The van der Waals surface area contributed by atoms with Gasteiger partial charge in [0.25, 0.3) is 5.22 Å². The van der Waals surface area contributed by atoms with E-state index < -0.39 is 21.9 Å². The van der Waals surface area contributed by atoms with Gasteiger partial charge in [0.1, 0.15) is 11.9 Å². The molecule has 0 spiro atoms. The molecule has 7 nitrogen and oxygen atoms in total. The highest BCUT2D eigenvalue weighted by Gasteiger charge is 2.30. The number of thioether (sulfide) groups is 1. The number of hydrogen-bond acceptors (Lipinski definition) is 8. The fourth-order valence-electron chi connectivity index (χ4n) is 2.36. The van der Waals surface area contributed by atoms with Crippen LogP contribution in [0.3, 0.4) is 0 Å². The molecule has 0 radical (unpaired) electrons. The van der Waals surface area contributed by atoms with E-state index >= 15 is 0 Å². The molecule has 128 valence electrons. The molecule has 1 aromatic carbocycles. The first-order chi connectivity index (χ1) is 11.4. The molecule has 0 amide bonds. The second-order valence-electron chi connectivity index (χ2n) is 5.55. The van der Waals surface area contributed by atoms with Gasteiger partial charge in [0.2, 0.25) is 5.89 Å². The minimum Gasteiger partial charge on any atom is -0.461 e. The van der Waals surface area contributed by atoms with E-state index in [9.17, 15) is 13.2 Å². The number of rotatable bonds is 5. The van der Waals surface area contributed by atoms with Gasteiger partial charge in [0, 0.05) is 5.56 Å². The number of esters is 1. The van der Waals surface area contributed by atoms with Crippen LogP contribution >= 0.6 is 11.8 Å². The highest BCUT2D eigenvalue weighted by atomic mass is 32.2. The molecule has 1 saturated heterocycles. The van der Waals surface area contributed by atoms with E-state index in [0.717, 1.165) is 22.9 Å². The van der Waals surface area contributed by atoms with Crippen LogP contribution in [0.2, 0.25) is 0 Å². The highest BCUT2D eigenvalue weighted by molar-refractivity contribution is 7.99. The Balaban J connectivity index is 1.53. The van der Waals surface area contributed by atoms with Gasteiger partial charge in [0.15, 0.2) is 9.84 Å². The molecule has 1 fully saturated rings. The summed E-state index contributed by atoms with van der Waals surface area (Å²) in [6, 6.07) is 7.66. The van der Waals surface area contributed by atoms with Crippen LogP contribution in [0.5, 0.6) is 0 Å². The molecule has 0 bridgehead atoms. The lowest BCUT2D eigenvalue weighted by Crippen LogP contribution is -2.20. The van der Waals surface area contributed by atoms with Gasteiger partial charge in [-0.05, 0) is 25.5 Å². The fourth-order valence-corrected chi connectivity index (χ4v) is 4.49. The Hall–Kier alpha value is -1.87. The number of nitrogens with zero attached hydrogens (tertiary/aromatic N) is 2. The van der Waals surface area contributed by atoms with Gasteiger partial charge < -0.3 is 9.15 Å². The van der Waals surface area contributed by atoms with E-state index in [-0.39, 0.29) is 22.5 Å². The Bertz CT molecular complexity index is 847. The smallest absolute Gasteiger partial charge is 0.316 e. The predicted octanol–water partition coefficient (Wildman–Crippen LogP) is 1.87. The van der Waals surface area contributed by atoms with Crippen LogP contribution in [0.4, 0.5) is 0 Å². The second kappa shape index (κ2) is 6.94. The third kappa shape index (κ3) is 4.35. The largest absolute Gasteiger partial charge is 0.461 e. The average Bonchev–Trinajstić information content (AvgIpc) is 3.12. The van der Waals surface area contributed by atoms with Crippen molar-refractivity contribution in [2.75, 3.05) is 17.3 Å². The van der Waals surface area contributed by atoms with Gasteiger partial charge in [-0.3, -0.25) is 4.79 Å². The Labute approximate surface area is 143 Å². The molecule has 3 rings (SSSR count). The van der Waals surface area contributed by atoms with Crippen molar-refractivity contribution < 1.29 is 22.4 Å². The van der Waals surface area contributed by atoms with E-state index in [1.807, 2.05) is 31.2 Å². The first-order valence-corrected chi connectivity index (χ1v) is 10.2. The van der Waals surface area contributed by atoms with Crippen LogP contribution < -0.4 is 0 Å². The lowest BCUT2D eigenvalue weighted by Gasteiger charge is -2.08. The van der Waals surface area contributed by atoms with Crippen molar-refractivity contribution in [2.24, 2.45) is 0 Å². The van der Waals surface area contributed by atoms with E-state index in [0.29, 0.717) is 12.3 Å². The number of benzene rings is 1. The van der Waals surface area contributed by atoms with Gasteiger partial charge >= 0.3 is 5.97 Å². The van der Waals surface area contributed by atoms with Crippen LogP contribution in [0.15, 0.2) is 33.9 Å². The van der Waals surface area contributed by atoms with Crippen LogP contribution in [0.25, 0.3) is 11.5 Å². The van der Waals surface area contributed by atoms with E-state index in [1.165, 1.54) is 0 Å². The summed E-state index contributed by atoms with van der Waals surface area (Å²) in [4.78, 5) is 11.8. The zero-order chi connectivity index (χ0) is 17.2. The van der Waals surface area contributed by atoms with Crippen LogP contribution in [0, 0.1) is 6.92 Å². The van der Waals surface area contributed by atoms with Crippen molar-refractivity contribution in [1.82, 2.24) is 10.2 Å². The molecule has 9 heteroatoms. The molecule has 1 aliphatic heterocycles. The van der Waals surface area contributed by atoms with Crippen molar-refractivity contribution in [1.29, 1.82) is 0 Å².